The number of hydrogen-bond acceptors (Lipinski definition) is 4. The second-order valence-corrected chi connectivity index (χ2v) is 7.90. The van der Waals surface area contributed by atoms with Crippen molar-refractivity contribution in [2.75, 3.05) is 5.75 Å². The van der Waals surface area contributed by atoms with Gasteiger partial charge in [-0.3, -0.25) is 4.79 Å². The third kappa shape index (κ3) is 4.05. The third-order valence-corrected chi connectivity index (χ3v) is 5.79. The van der Waals surface area contributed by atoms with E-state index in [4.69, 9.17) is 0 Å². The monoisotopic (exact) mass is 402 g/mol. The molecule has 1 heterocycles. The van der Waals surface area contributed by atoms with Crippen LogP contribution >= 0.6 is 11.8 Å². The van der Waals surface area contributed by atoms with E-state index in [0.29, 0.717) is 16.5 Å². The van der Waals surface area contributed by atoms with Gasteiger partial charge in [0.05, 0.1) is 5.75 Å². The van der Waals surface area contributed by atoms with Gasteiger partial charge in [0, 0.05) is 21.9 Å². The second kappa shape index (κ2) is 8.13. The number of aryl methyl sites for hydroxylation is 2. The number of benzene rings is 3. The maximum absolute atomic E-state index is 13.3. The van der Waals surface area contributed by atoms with E-state index in [-0.39, 0.29) is 11.6 Å². The van der Waals surface area contributed by atoms with Gasteiger partial charge in [-0.05, 0) is 49.7 Å². The van der Waals surface area contributed by atoms with E-state index in [9.17, 15) is 9.18 Å². The highest BCUT2D eigenvalue weighted by Crippen LogP contribution is 2.32. The summed E-state index contributed by atoms with van der Waals surface area (Å²) < 4.78 is 13.3. The van der Waals surface area contributed by atoms with E-state index in [1.54, 1.807) is 12.1 Å². The number of ketones is 1. The number of carbonyl (C=O) groups is 1. The Labute approximate surface area is 173 Å². The molecule has 0 fully saturated rings. The fourth-order valence-corrected chi connectivity index (χ4v) is 4.11. The van der Waals surface area contributed by atoms with Crippen molar-refractivity contribution in [3.05, 3.63) is 89.2 Å². The molecule has 144 valence electrons. The predicted octanol–water partition coefficient (Wildman–Crippen LogP) is 6.03. The first kappa shape index (κ1) is 19.3. The van der Waals surface area contributed by atoms with Crippen LogP contribution < -0.4 is 0 Å². The summed E-state index contributed by atoms with van der Waals surface area (Å²) in [6, 6.07) is 20.0. The van der Waals surface area contributed by atoms with E-state index in [0.717, 1.165) is 33.0 Å². The van der Waals surface area contributed by atoms with Crippen molar-refractivity contribution in [3.8, 4) is 11.3 Å². The first-order valence-corrected chi connectivity index (χ1v) is 10.3. The Hall–Kier alpha value is -3.05. The van der Waals surface area contributed by atoms with Gasteiger partial charge in [0.15, 0.2) is 5.78 Å². The minimum absolute atomic E-state index is 0.0738. The van der Waals surface area contributed by atoms with Crippen LogP contribution in [0.15, 0.2) is 71.8 Å². The Bertz CT molecular complexity index is 1210. The van der Waals surface area contributed by atoms with Crippen LogP contribution in [-0.4, -0.2) is 21.7 Å². The maximum Gasteiger partial charge on any atom is 0.173 e. The number of carbonyl (C=O) groups excluding carboxylic acids is 1. The van der Waals surface area contributed by atoms with Crippen LogP contribution in [0.2, 0.25) is 0 Å². The number of fused-ring (bicyclic) bond motifs is 1. The van der Waals surface area contributed by atoms with Gasteiger partial charge in [-0.2, -0.15) is 0 Å². The second-order valence-electron chi connectivity index (χ2n) is 6.94. The van der Waals surface area contributed by atoms with Gasteiger partial charge in [0.25, 0.3) is 0 Å². The van der Waals surface area contributed by atoms with Crippen LogP contribution in [0.1, 0.15) is 21.5 Å². The standard InChI is InChI=1S/C24H19FN2OS/c1-15-7-8-16(2)21(13-15)22(28)14-29-24-20-6-4-3-5-19(20)23(26-27-24)17-9-11-18(25)12-10-17/h3-13H,14H2,1-2H3. The van der Waals surface area contributed by atoms with Gasteiger partial charge in [-0.1, -0.05) is 53.7 Å². The minimum atomic E-state index is -0.289. The molecule has 1 aromatic heterocycles. The summed E-state index contributed by atoms with van der Waals surface area (Å²) in [5.41, 5.74) is 4.29. The molecule has 0 saturated heterocycles. The van der Waals surface area contributed by atoms with Crippen molar-refractivity contribution < 1.29 is 9.18 Å². The van der Waals surface area contributed by atoms with Gasteiger partial charge < -0.3 is 0 Å². The Morgan fingerprint density at radius 1 is 0.931 bits per heavy atom. The summed E-state index contributed by atoms with van der Waals surface area (Å²) in [5, 5.41) is 11.3. The lowest BCUT2D eigenvalue weighted by Crippen LogP contribution is -2.06. The molecule has 4 rings (SSSR count). The molecule has 5 heteroatoms. The molecule has 29 heavy (non-hydrogen) atoms. The van der Waals surface area contributed by atoms with Crippen LogP contribution in [0.5, 0.6) is 0 Å². The van der Waals surface area contributed by atoms with Crippen LogP contribution in [0, 0.1) is 19.7 Å². The van der Waals surface area contributed by atoms with Gasteiger partial charge in [0.1, 0.15) is 16.5 Å². The molecule has 0 radical (unpaired) electrons. The highest BCUT2D eigenvalue weighted by atomic mass is 32.2. The molecular weight excluding hydrogens is 383 g/mol. The summed E-state index contributed by atoms with van der Waals surface area (Å²) in [6.45, 7) is 3.93. The predicted molar refractivity (Wildman–Crippen MR) is 116 cm³/mol. The summed E-state index contributed by atoms with van der Waals surface area (Å²) in [6.07, 6.45) is 0. The first-order chi connectivity index (χ1) is 14.0. The molecule has 0 aliphatic carbocycles. The molecule has 0 atom stereocenters. The molecular formula is C24H19FN2OS. The number of halogens is 1. The summed E-state index contributed by atoms with van der Waals surface area (Å²) in [7, 11) is 0. The average molecular weight is 402 g/mol. The van der Waals surface area contributed by atoms with Crippen molar-refractivity contribution >= 4 is 28.3 Å². The topological polar surface area (TPSA) is 42.9 Å². The van der Waals surface area contributed by atoms with Crippen LogP contribution in [0.25, 0.3) is 22.0 Å². The molecule has 4 aromatic rings. The number of Topliss-reactive ketones (excluding diaryl/α,β-unsaturated/α-hetero) is 1. The van der Waals surface area contributed by atoms with E-state index in [1.165, 1.54) is 23.9 Å². The molecule has 0 aliphatic heterocycles. The smallest absolute Gasteiger partial charge is 0.173 e. The molecule has 0 unspecified atom stereocenters. The Morgan fingerprint density at radius 3 is 2.41 bits per heavy atom. The first-order valence-electron chi connectivity index (χ1n) is 9.27. The number of rotatable bonds is 5. The SMILES string of the molecule is Cc1ccc(C)c(C(=O)CSc2nnc(-c3ccc(F)cc3)c3ccccc23)c1. The van der Waals surface area contributed by atoms with E-state index < -0.39 is 0 Å². The lowest BCUT2D eigenvalue weighted by molar-refractivity contribution is 0.102. The summed E-state index contributed by atoms with van der Waals surface area (Å²) >= 11 is 1.39. The van der Waals surface area contributed by atoms with Crippen molar-refractivity contribution in [2.45, 2.75) is 18.9 Å². The van der Waals surface area contributed by atoms with Gasteiger partial charge in [-0.15, -0.1) is 10.2 Å². The summed E-state index contributed by atoms with van der Waals surface area (Å²) in [5.74, 6) is 0.0756. The zero-order chi connectivity index (χ0) is 20.4. The zero-order valence-electron chi connectivity index (χ0n) is 16.1. The molecule has 0 aliphatic rings. The van der Waals surface area contributed by atoms with Crippen molar-refractivity contribution in [1.29, 1.82) is 0 Å². The molecule has 0 amide bonds. The lowest BCUT2D eigenvalue weighted by atomic mass is 10.0. The minimum Gasteiger partial charge on any atom is -0.293 e. The lowest BCUT2D eigenvalue weighted by Gasteiger charge is -2.10. The van der Waals surface area contributed by atoms with Gasteiger partial charge in [-0.25, -0.2) is 4.39 Å². The number of nitrogens with zero attached hydrogens (tertiary/aromatic N) is 2. The molecule has 0 saturated carbocycles. The van der Waals surface area contributed by atoms with E-state index in [1.807, 2.05) is 56.3 Å². The Balaban J connectivity index is 1.65. The molecule has 3 aromatic carbocycles. The van der Waals surface area contributed by atoms with Crippen molar-refractivity contribution in [2.24, 2.45) is 0 Å². The Morgan fingerprint density at radius 2 is 1.66 bits per heavy atom. The largest absolute Gasteiger partial charge is 0.293 e. The zero-order valence-corrected chi connectivity index (χ0v) is 17.0. The van der Waals surface area contributed by atoms with Crippen molar-refractivity contribution in [1.82, 2.24) is 10.2 Å². The van der Waals surface area contributed by atoms with Crippen LogP contribution in [0.4, 0.5) is 4.39 Å². The van der Waals surface area contributed by atoms with Crippen LogP contribution in [0.3, 0.4) is 0 Å². The number of thioether (sulfide) groups is 1. The maximum atomic E-state index is 13.3. The van der Waals surface area contributed by atoms with Gasteiger partial charge in [0.2, 0.25) is 0 Å². The Kier molecular flexibility index (Phi) is 5.41. The highest BCUT2D eigenvalue weighted by Gasteiger charge is 2.15. The fourth-order valence-electron chi connectivity index (χ4n) is 3.25. The fraction of sp³-hybridized carbons (Fsp3) is 0.125. The molecule has 0 bridgehead atoms. The van der Waals surface area contributed by atoms with E-state index in [2.05, 4.69) is 10.2 Å². The average Bonchev–Trinajstić information content (AvgIpc) is 2.74. The third-order valence-electron chi connectivity index (χ3n) is 4.80. The van der Waals surface area contributed by atoms with E-state index >= 15 is 0 Å². The summed E-state index contributed by atoms with van der Waals surface area (Å²) in [4.78, 5) is 12.7. The highest BCUT2D eigenvalue weighted by molar-refractivity contribution is 8.00. The molecule has 3 nitrogen and oxygen atoms in total. The number of aromatic nitrogens is 2. The van der Waals surface area contributed by atoms with Crippen LogP contribution in [-0.2, 0) is 0 Å². The van der Waals surface area contributed by atoms with Crippen molar-refractivity contribution in [3.63, 3.8) is 0 Å². The molecule has 0 spiro atoms. The number of hydrogen-bond donors (Lipinski definition) is 0. The normalized spacial score (nSPS) is 11.0. The quantitative estimate of drug-likeness (QED) is 0.302. The molecule has 0 N–H and O–H groups in total. The van der Waals surface area contributed by atoms with Gasteiger partial charge >= 0.3 is 0 Å².